The molecule has 0 aliphatic rings. The fourth-order valence-electron chi connectivity index (χ4n) is 1.91. The Morgan fingerprint density at radius 3 is 1.45 bits per heavy atom. The van der Waals surface area contributed by atoms with Crippen LogP contribution in [-0.4, -0.2) is 15.0 Å². The van der Waals surface area contributed by atoms with Crippen molar-refractivity contribution < 1.29 is 4.57 Å². The smallest absolute Gasteiger partial charge is 0.281 e. The molecule has 0 aliphatic heterocycles. The van der Waals surface area contributed by atoms with E-state index in [4.69, 9.17) is 22.5 Å². The predicted molar refractivity (Wildman–Crippen MR) is 89.6 cm³/mol. The van der Waals surface area contributed by atoms with Crippen LogP contribution < -0.4 is 5.57 Å². The molecule has 1 aromatic heterocycles. The standard InChI is InChI=1S/C15H10Cl2N3OP/c16-22(17,21)15-19-13(11-7-3-1-4-8-11)18-14(20-15)12-9-5-2-6-10-12/h1-10H. The molecule has 1 heterocycles. The van der Waals surface area contributed by atoms with E-state index in [1.54, 1.807) is 0 Å². The van der Waals surface area contributed by atoms with Gasteiger partial charge in [0.2, 0.25) is 5.57 Å². The number of hydrogen-bond acceptors (Lipinski definition) is 4. The van der Waals surface area contributed by atoms with E-state index in [9.17, 15) is 4.57 Å². The largest absolute Gasteiger partial charge is 0.318 e. The van der Waals surface area contributed by atoms with Gasteiger partial charge < -0.3 is 0 Å². The number of hydrogen-bond donors (Lipinski definition) is 0. The normalized spacial score (nSPS) is 11.4. The van der Waals surface area contributed by atoms with Crippen molar-refractivity contribution in [2.24, 2.45) is 0 Å². The van der Waals surface area contributed by atoms with Crippen LogP contribution in [0, 0.1) is 0 Å². The van der Waals surface area contributed by atoms with Crippen LogP contribution >= 0.6 is 28.3 Å². The van der Waals surface area contributed by atoms with Crippen molar-refractivity contribution in [2.75, 3.05) is 0 Å². The molecule has 4 nitrogen and oxygen atoms in total. The van der Waals surface area contributed by atoms with Gasteiger partial charge in [0, 0.05) is 11.1 Å². The lowest BCUT2D eigenvalue weighted by atomic mass is 10.2. The number of benzene rings is 2. The molecule has 2 aromatic carbocycles. The summed E-state index contributed by atoms with van der Waals surface area (Å²) in [7, 11) is 0. The van der Waals surface area contributed by atoms with Gasteiger partial charge in [0.25, 0.3) is 0 Å². The van der Waals surface area contributed by atoms with Crippen LogP contribution in [0.4, 0.5) is 0 Å². The second-order valence-corrected chi connectivity index (χ2v) is 9.18. The average molecular weight is 350 g/mol. The van der Waals surface area contributed by atoms with Gasteiger partial charge >= 0.3 is 5.85 Å². The van der Waals surface area contributed by atoms with Crippen LogP contribution in [0.2, 0.25) is 0 Å². The van der Waals surface area contributed by atoms with Crippen LogP contribution in [0.5, 0.6) is 0 Å². The molecule has 0 spiro atoms. The maximum absolute atomic E-state index is 12.0. The summed E-state index contributed by atoms with van der Waals surface area (Å²) in [6, 6.07) is 18.6. The molecule has 7 heteroatoms. The van der Waals surface area contributed by atoms with E-state index in [0.29, 0.717) is 11.6 Å². The lowest BCUT2D eigenvalue weighted by Gasteiger charge is -2.08. The molecule has 0 atom stereocenters. The van der Waals surface area contributed by atoms with E-state index >= 15 is 0 Å². The maximum Gasteiger partial charge on any atom is 0.318 e. The molecule has 0 amide bonds. The first-order chi connectivity index (χ1) is 10.5. The van der Waals surface area contributed by atoms with Gasteiger partial charge in [-0.25, -0.2) is 15.0 Å². The lowest BCUT2D eigenvalue weighted by Crippen LogP contribution is -2.14. The van der Waals surface area contributed by atoms with Crippen LogP contribution in [0.1, 0.15) is 0 Å². The van der Waals surface area contributed by atoms with Gasteiger partial charge in [-0.2, -0.15) is 0 Å². The third kappa shape index (κ3) is 3.36. The third-order valence-electron chi connectivity index (χ3n) is 2.92. The molecule has 22 heavy (non-hydrogen) atoms. The van der Waals surface area contributed by atoms with E-state index < -0.39 is 5.85 Å². The Bertz CT molecular complexity index is 780. The summed E-state index contributed by atoms with van der Waals surface area (Å²) in [6.45, 7) is 0. The molecule has 0 saturated carbocycles. The molecule has 0 bridgehead atoms. The Kier molecular flexibility index (Phi) is 4.25. The first kappa shape index (κ1) is 15.2. The fraction of sp³-hybridized carbons (Fsp3) is 0. The second kappa shape index (κ2) is 6.17. The summed E-state index contributed by atoms with van der Waals surface area (Å²) in [5, 5.41) is 0. The second-order valence-electron chi connectivity index (χ2n) is 4.48. The number of nitrogens with zero attached hydrogens (tertiary/aromatic N) is 3. The summed E-state index contributed by atoms with van der Waals surface area (Å²) in [6.07, 6.45) is 0. The van der Waals surface area contributed by atoms with E-state index in [2.05, 4.69) is 15.0 Å². The number of rotatable bonds is 3. The molecule has 0 fully saturated rings. The molecule has 0 unspecified atom stereocenters. The Morgan fingerprint density at radius 1 is 0.682 bits per heavy atom. The van der Waals surface area contributed by atoms with E-state index in [1.165, 1.54) is 0 Å². The quantitative estimate of drug-likeness (QED) is 0.653. The van der Waals surface area contributed by atoms with Crippen molar-refractivity contribution in [2.45, 2.75) is 0 Å². The van der Waals surface area contributed by atoms with E-state index in [1.807, 2.05) is 60.7 Å². The van der Waals surface area contributed by atoms with Crippen molar-refractivity contribution >= 4 is 33.9 Å². The molecule has 3 aromatic rings. The summed E-state index contributed by atoms with van der Waals surface area (Å²) in [4.78, 5) is 12.7. The van der Waals surface area contributed by atoms with Crippen molar-refractivity contribution in [3.8, 4) is 22.8 Å². The van der Waals surface area contributed by atoms with Crippen LogP contribution in [-0.2, 0) is 4.57 Å². The van der Waals surface area contributed by atoms with Crippen LogP contribution in [0.15, 0.2) is 60.7 Å². The fourth-order valence-corrected chi connectivity index (χ4v) is 2.79. The highest BCUT2D eigenvalue weighted by atomic mass is 35.9. The summed E-state index contributed by atoms with van der Waals surface area (Å²) in [5.41, 5.74) is 1.43. The third-order valence-corrected chi connectivity index (χ3v) is 4.49. The lowest BCUT2D eigenvalue weighted by molar-refractivity contribution is 0.596. The van der Waals surface area contributed by atoms with E-state index in [0.717, 1.165) is 11.1 Å². The Hall–Kier alpha value is -1.74. The minimum absolute atomic E-state index is 0.108. The summed E-state index contributed by atoms with van der Waals surface area (Å²) in [5.74, 6) is -2.87. The first-order valence-corrected chi connectivity index (χ1v) is 9.92. The van der Waals surface area contributed by atoms with Crippen molar-refractivity contribution in [1.29, 1.82) is 0 Å². The highest BCUT2D eigenvalue weighted by Gasteiger charge is 2.24. The first-order valence-electron chi connectivity index (χ1n) is 6.41. The van der Waals surface area contributed by atoms with Gasteiger partial charge in [0.1, 0.15) is 0 Å². The minimum Gasteiger partial charge on any atom is -0.281 e. The zero-order chi connectivity index (χ0) is 15.6. The predicted octanol–water partition coefficient (Wildman–Crippen LogP) is 4.50. The van der Waals surface area contributed by atoms with Crippen LogP contribution in [0.25, 0.3) is 22.8 Å². The summed E-state index contributed by atoms with van der Waals surface area (Å²) < 4.78 is 12.0. The van der Waals surface area contributed by atoms with Gasteiger partial charge in [-0.05, 0) is 22.5 Å². The molecular formula is C15H10Cl2N3OP. The van der Waals surface area contributed by atoms with Gasteiger partial charge in [-0.3, -0.25) is 4.57 Å². The minimum atomic E-state index is -3.63. The summed E-state index contributed by atoms with van der Waals surface area (Å²) >= 11 is 11.5. The molecular weight excluding hydrogens is 340 g/mol. The van der Waals surface area contributed by atoms with Crippen molar-refractivity contribution in [3.05, 3.63) is 60.7 Å². The Labute approximate surface area is 137 Å². The molecule has 3 rings (SSSR count). The SMILES string of the molecule is O=P(Cl)(Cl)c1nc(-c2ccccc2)nc(-c2ccccc2)n1. The molecule has 0 aliphatic carbocycles. The van der Waals surface area contributed by atoms with Gasteiger partial charge in [-0.15, -0.1) is 0 Å². The molecule has 0 N–H and O–H groups in total. The zero-order valence-corrected chi connectivity index (χ0v) is 13.6. The highest BCUT2D eigenvalue weighted by Crippen LogP contribution is 2.54. The Balaban J connectivity index is 2.21. The molecule has 110 valence electrons. The van der Waals surface area contributed by atoms with Crippen molar-refractivity contribution in [3.63, 3.8) is 0 Å². The van der Waals surface area contributed by atoms with E-state index in [-0.39, 0.29) is 5.57 Å². The van der Waals surface area contributed by atoms with Crippen LogP contribution in [0.3, 0.4) is 0 Å². The average Bonchev–Trinajstić information content (AvgIpc) is 2.55. The van der Waals surface area contributed by atoms with Gasteiger partial charge in [0.05, 0.1) is 0 Å². The molecule has 0 saturated heterocycles. The molecule has 0 radical (unpaired) electrons. The maximum atomic E-state index is 12.0. The van der Waals surface area contributed by atoms with Crippen molar-refractivity contribution in [1.82, 2.24) is 15.0 Å². The highest BCUT2D eigenvalue weighted by molar-refractivity contribution is 8.13. The monoisotopic (exact) mass is 349 g/mol. The topological polar surface area (TPSA) is 55.7 Å². The van der Waals surface area contributed by atoms with Gasteiger partial charge in [0.15, 0.2) is 11.6 Å². The number of halogens is 2. The Morgan fingerprint density at radius 2 is 1.09 bits per heavy atom. The number of aromatic nitrogens is 3. The zero-order valence-electron chi connectivity index (χ0n) is 11.2. The van der Waals surface area contributed by atoms with Gasteiger partial charge in [-0.1, -0.05) is 60.7 Å².